The van der Waals surface area contributed by atoms with Gasteiger partial charge >= 0.3 is 18.0 Å². The second-order valence-electron chi connectivity index (χ2n) is 6.05. The molecule has 0 atom stereocenters. The summed E-state index contributed by atoms with van der Waals surface area (Å²) in [5.74, 6) is 0. The fraction of sp³-hybridized carbons (Fsp3) is 0.769. The van der Waals surface area contributed by atoms with E-state index in [-0.39, 0.29) is 18.0 Å². The molecule has 0 saturated heterocycles. The average Bonchev–Trinajstić information content (AvgIpc) is 2.11. The highest BCUT2D eigenvalue weighted by Gasteiger charge is 2.20. The summed E-state index contributed by atoms with van der Waals surface area (Å²) >= 11 is 0. The standard InChI is InChI=1S/C13H23N3O3/c1-8-17-9-14-10(18-12(2,3)4)16-11(15-9)19-13(5,6)7/h8H2,1-7H3. The summed E-state index contributed by atoms with van der Waals surface area (Å²) in [5, 5.41) is 0. The second-order valence-corrected chi connectivity index (χ2v) is 6.05. The minimum atomic E-state index is -0.399. The van der Waals surface area contributed by atoms with E-state index < -0.39 is 11.2 Å². The molecule has 0 amide bonds. The van der Waals surface area contributed by atoms with Crippen molar-refractivity contribution in [3.63, 3.8) is 0 Å². The molecular weight excluding hydrogens is 246 g/mol. The van der Waals surface area contributed by atoms with Crippen molar-refractivity contribution in [2.45, 2.75) is 59.7 Å². The van der Waals surface area contributed by atoms with Crippen LogP contribution in [0, 0.1) is 0 Å². The molecule has 0 aliphatic rings. The van der Waals surface area contributed by atoms with Crippen LogP contribution in [0.4, 0.5) is 0 Å². The summed E-state index contributed by atoms with van der Waals surface area (Å²) in [5.41, 5.74) is -0.798. The fourth-order valence-electron chi connectivity index (χ4n) is 1.15. The molecular formula is C13H23N3O3. The lowest BCUT2D eigenvalue weighted by Crippen LogP contribution is -2.26. The Bertz CT molecular complexity index is 388. The third-order valence-corrected chi connectivity index (χ3v) is 1.64. The molecule has 0 N–H and O–H groups in total. The van der Waals surface area contributed by atoms with Crippen molar-refractivity contribution >= 4 is 0 Å². The summed E-state index contributed by atoms with van der Waals surface area (Å²) in [6.07, 6.45) is 0. The molecule has 0 fully saturated rings. The van der Waals surface area contributed by atoms with Crippen LogP contribution in [0.3, 0.4) is 0 Å². The smallest absolute Gasteiger partial charge is 0.326 e. The highest BCUT2D eigenvalue weighted by Crippen LogP contribution is 2.21. The van der Waals surface area contributed by atoms with E-state index in [0.717, 1.165) is 0 Å². The van der Waals surface area contributed by atoms with Gasteiger partial charge in [-0.25, -0.2) is 0 Å². The first kappa shape index (κ1) is 15.5. The number of hydrogen-bond acceptors (Lipinski definition) is 6. The van der Waals surface area contributed by atoms with Crippen LogP contribution in [0.25, 0.3) is 0 Å². The fourth-order valence-corrected chi connectivity index (χ4v) is 1.15. The summed E-state index contributed by atoms with van der Waals surface area (Å²) in [6.45, 7) is 13.8. The van der Waals surface area contributed by atoms with Crippen LogP contribution in [0.2, 0.25) is 0 Å². The minimum Gasteiger partial charge on any atom is -0.464 e. The van der Waals surface area contributed by atoms with E-state index >= 15 is 0 Å². The van der Waals surface area contributed by atoms with Crippen LogP contribution >= 0.6 is 0 Å². The molecule has 6 heteroatoms. The Labute approximate surface area is 114 Å². The van der Waals surface area contributed by atoms with Crippen LogP contribution in [0.5, 0.6) is 18.0 Å². The summed E-state index contributed by atoms with van der Waals surface area (Å²) in [4.78, 5) is 12.3. The zero-order chi connectivity index (χ0) is 14.7. The Morgan fingerprint density at radius 1 is 0.737 bits per heavy atom. The predicted octanol–water partition coefficient (Wildman–Crippen LogP) is 2.62. The molecule has 0 aliphatic heterocycles. The largest absolute Gasteiger partial charge is 0.464 e. The first-order valence-electron chi connectivity index (χ1n) is 6.36. The summed E-state index contributed by atoms with van der Waals surface area (Å²) in [6, 6.07) is 0.603. The maximum atomic E-state index is 5.62. The van der Waals surface area contributed by atoms with Gasteiger partial charge in [-0.15, -0.1) is 15.0 Å². The average molecular weight is 269 g/mol. The first-order chi connectivity index (χ1) is 8.59. The van der Waals surface area contributed by atoms with E-state index in [9.17, 15) is 0 Å². The normalized spacial score (nSPS) is 12.2. The van der Waals surface area contributed by atoms with Crippen molar-refractivity contribution in [2.75, 3.05) is 6.61 Å². The van der Waals surface area contributed by atoms with Gasteiger partial charge in [0.25, 0.3) is 0 Å². The van der Waals surface area contributed by atoms with E-state index in [1.807, 2.05) is 48.5 Å². The van der Waals surface area contributed by atoms with E-state index in [0.29, 0.717) is 6.61 Å². The lowest BCUT2D eigenvalue weighted by molar-refractivity contribution is 0.0946. The van der Waals surface area contributed by atoms with Crippen molar-refractivity contribution in [2.24, 2.45) is 0 Å². The molecule has 0 spiro atoms. The van der Waals surface area contributed by atoms with E-state index in [4.69, 9.17) is 14.2 Å². The van der Waals surface area contributed by atoms with Gasteiger partial charge in [-0.3, -0.25) is 0 Å². The topological polar surface area (TPSA) is 66.4 Å². The molecule has 1 rings (SSSR count). The molecule has 1 aromatic rings. The number of hydrogen-bond donors (Lipinski definition) is 0. The molecule has 1 heterocycles. The van der Waals surface area contributed by atoms with Crippen molar-refractivity contribution in [1.29, 1.82) is 0 Å². The zero-order valence-corrected chi connectivity index (χ0v) is 12.8. The van der Waals surface area contributed by atoms with Gasteiger partial charge in [0.15, 0.2) is 0 Å². The molecule has 0 unspecified atom stereocenters. The first-order valence-corrected chi connectivity index (χ1v) is 6.36. The van der Waals surface area contributed by atoms with E-state index in [1.165, 1.54) is 0 Å². The molecule has 0 radical (unpaired) electrons. The van der Waals surface area contributed by atoms with Gasteiger partial charge < -0.3 is 14.2 Å². The van der Waals surface area contributed by atoms with Crippen LogP contribution in [0.15, 0.2) is 0 Å². The highest BCUT2D eigenvalue weighted by molar-refractivity contribution is 5.10. The Balaban J connectivity index is 3.03. The van der Waals surface area contributed by atoms with Gasteiger partial charge in [0.05, 0.1) is 6.61 Å². The number of ether oxygens (including phenoxy) is 3. The van der Waals surface area contributed by atoms with Crippen molar-refractivity contribution in [3.05, 3.63) is 0 Å². The molecule has 0 saturated carbocycles. The lowest BCUT2D eigenvalue weighted by atomic mass is 10.2. The Hall–Kier alpha value is -1.59. The SMILES string of the molecule is CCOc1nc(OC(C)(C)C)nc(OC(C)(C)C)n1. The third-order valence-electron chi connectivity index (χ3n) is 1.64. The second kappa shape index (κ2) is 5.59. The maximum Gasteiger partial charge on any atom is 0.326 e. The van der Waals surface area contributed by atoms with Gasteiger partial charge in [0.1, 0.15) is 11.2 Å². The molecule has 0 aromatic carbocycles. The third kappa shape index (κ3) is 6.22. The Morgan fingerprint density at radius 2 is 1.11 bits per heavy atom. The van der Waals surface area contributed by atoms with Crippen LogP contribution in [-0.4, -0.2) is 32.8 Å². The van der Waals surface area contributed by atoms with Gasteiger partial charge in [0.2, 0.25) is 0 Å². The van der Waals surface area contributed by atoms with Crippen LogP contribution < -0.4 is 14.2 Å². The Kier molecular flexibility index (Phi) is 4.55. The molecule has 0 aliphatic carbocycles. The van der Waals surface area contributed by atoms with E-state index in [1.54, 1.807) is 0 Å². The van der Waals surface area contributed by atoms with E-state index in [2.05, 4.69) is 15.0 Å². The molecule has 19 heavy (non-hydrogen) atoms. The van der Waals surface area contributed by atoms with Crippen molar-refractivity contribution in [3.8, 4) is 18.0 Å². The predicted molar refractivity (Wildman–Crippen MR) is 71.8 cm³/mol. The molecule has 1 aromatic heterocycles. The molecule has 108 valence electrons. The van der Waals surface area contributed by atoms with Crippen LogP contribution in [0.1, 0.15) is 48.5 Å². The molecule has 0 bridgehead atoms. The van der Waals surface area contributed by atoms with Gasteiger partial charge in [-0.05, 0) is 48.5 Å². The van der Waals surface area contributed by atoms with Gasteiger partial charge in [0, 0.05) is 0 Å². The summed E-state index contributed by atoms with van der Waals surface area (Å²) in [7, 11) is 0. The highest BCUT2D eigenvalue weighted by atomic mass is 16.5. The van der Waals surface area contributed by atoms with Crippen LogP contribution in [-0.2, 0) is 0 Å². The zero-order valence-electron chi connectivity index (χ0n) is 12.8. The van der Waals surface area contributed by atoms with Crippen molar-refractivity contribution < 1.29 is 14.2 Å². The number of rotatable bonds is 4. The minimum absolute atomic E-state index is 0.199. The quantitative estimate of drug-likeness (QED) is 0.837. The maximum absolute atomic E-state index is 5.62. The van der Waals surface area contributed by atoms with Gasteiger partial charge in [-0.2, -0.15) is 0 Å². The van der Waals surface area contributed by atoms with Gasteiger partial charge in [-0.1, -0.05) is 0 Å². The Morgan fingerprint density at radius 3 is 1.42 bits per heavy atom. The molecule has 6 nitrogen and oxygen atoms in total. The lowest BCUT2D eigenvalue weighted by Gasteiger charge is -2.22. The number of aromatic nitrogens is 3. The van der Waals surface area contributed by atoms with Crippen molar-refractivity contribution in [1.82, 2.24) is 15.0 Å². The monoisotopic (exact) mass is 269 g/mol. The number of nitrogens with zero attached hydrogens (tertiary/aromatic N) is 3. The summed E-state index contributed by atoms with van der Waals surface area (Å²) < 4.78 is 16.5.